The highest BCUT2D eigenvalue weighted by atomic mass is 35.5. The van der Waals surface area contributed by atoms with Gasteiger partial charge in [0.15, 0.2) is 0 Å². The van der Waals surface area contributed by atoms with Gasteiger partial charge in [0.2, 0.25) is 0 Å². The SMILES string of the molecule is CC(=NNC(=O)c1ccccc1N(Cc1ccc(Cl)cc1)S(=O)(=O)c1ccc(C)cc1)c1cc(C)ccc1C. The minimum Gasteiger partial charge on any atom is -0.267 e. The Morgan fingerprint density at radius 1 is 0.846 bits per heavy atom. The average Bonchev–Trinajstić information content (AvgIpc) is 2.92. The third-order valence-corrected chi connectivity index (χ3v) is 8.40. The van der Waals surface area contributed by atoms with Gasteiger partial charge in [0.05, 0.1) is 28.4 Å². The molecular formula is C31H30ClN3O3S. The fourth-order valence-corrected chi connectivity index (χ4v) is 5.75. The Balaban J connectivity index is 1.74. The Kier molecular flexibility index (Phi) is 8.53. The first-order valence-electron chi connectivity index (χ1n) is 12.4. The first kappa shape index (κ1) is 28.1. The molecule has 0 atom stereocenters. The summed E-state index contributed by atoms with van der Waals surface area (Å²) in [6.07, 6.45) is 0. The van der Waals surface area contributed by atoms with Crippen molar-refractivity contribution in [2.75, 3.05) is 4.31 Å². The molecular weight excluding hydrogens is 530 g/mol. The molecule has 0 bridgehead atoms. The normalized spacial score (nSPS) is 11.8. The fraction of sp³-hybridized carbons (Fsp3) is 0.161. The maximum absolute atomic E-state index is 14.0. The molecule has 200 valence electrons. The molecule has 0 saturated carbocycles. The van der Waals surface area contributed by atoms with Gasteiger partial charge >= 0.3 is 0 Å². The highest BCUT2D eigenvalue weighted by Gasteiger charge is 2.28. The van der Waals surface area contributed by atoms with Crippen molar-refractivity contribution in [1.82, 2.24) is 5.43 Å². The summed E-state index contributed by atoms with van der Waals surface area (Å²) in [5, 5.41) is 4.88. The van der Waals surface area contributed by atoms with Crippen LogP contribution >= 0.6 is 11.6 Å². The molecule has 4 aromatic rings. The van der Waals surface area contributed by atoms with Crippen LogP contribution < -0.4 is 9.73 Å². The fourth-order valence-electron chi connectivity index (χ4n) is 4.16. The van der Waals surface area contributed by atoms with Crippen LogP contribution in [-0.4, -0.2) is 20.0 Å². The largest absolute Gasteiger partial charge is 0.273 e. The Morgan fingerprint density at radius 2 is 1.49 bits per heavy atom. The van der Waals surface area contributed by atoms with Gasteiger partial charge < -0.3 is 0 Å². The number of halogens is 1. The monoisotopic (exact) mass is 559 g/mol. The smallest absolute Gasteiger partial charge is 0.267 e. The lowest BCUT2D eigenvalue weighted by molar-refractivity contribution is 0.0955. The van der Waals surface area contributed by atoms with E-state index in [0.29, 0.717) is 16.3 Å². The summed E-state index contributed by atoms with van der Waals surface area (Å²) in [6.45, 7) is 7.69. The van der Waals surface area contributed by atoms with E-state index in [1.807, 2.05) is 45.9 Å². The second-order valence-electron chi connectivity index (χ2n) is 9.42. The molecule has 0 unspecified atom stereocenters. The van der Waals surface area contributed by atoms with Crippen LogP contribution in [0.4, 0.5) is 5.69 Å². The Bertz CT molecular complexity index is 1630. The van der Waals surface area contributed by atoms with Crippen LogP contribution in [0.25, 0.3) is 0 Å². The molecule has 0 aliphatic rings. The molecule has 0 fully saturated rings. The number of carbonyl (C=O) groups is 1. The third kappa shape index (κ3) is 6.56. The summed E-state index contributed by atoms with van der Waals surface area (Å²) in [7, 11) is -4.04. The maximum atomic E-state index is 14.0. The summed E-state index contributed by atoms with van der Waals surface area (Å²) in [6, 6.07) is 26.2. The van der Waals surface area contributed by atoms with Gasteiger partial charge in [-0.15, -0.1) is 0 Å². The van der Waals surface area contributed by atoms with Gasteiger partial charge in [-0.1, -0.05) is 71.3 Å². The number of amides is 1. The van der Waals surface area contributed by atoms with Crippen molar-refractivity contribution in [2.24, 2.45) is 5.10 Å². The van der Waals surface area contributed by atoms with Gasteiger partial charge in [0.1, 0.15) is 0 Å². The Labute approximate surface area is 235 Å². The Hall–Kier alpha value is -3.94. The van der Waals surface area contributed by atoms with E-state index in [9.17, 15) is 13.2 Å². The highest BCUT2D eigenvalue weighted by Crippen LogP contribution is 2.30. The van der Waals surface area contributed by atoms with Crippen molar-refractivity contribution in [3.63, 3.8) is 0 Å². The van der Waals surface area contributed by atoms with E-state index in [2.05, 4.69) is 10.5 Å². The van der Waals surface area contributed by atoms with E-state index in [4.69, 9.17) is 11.6 Å². The second-order valence-corrected chi connectivity index (χ2v) is 11.7. The first-order valence-corrected chi connectivity index (χ1v) is 14.2. The zero-order valence-electron chi connectivity index (χ0n) is 22.3. The number of carbonyl (C=O) groups excluding carboxylic acids is 1. The van der Waals surface area contributed by atoms with Crippen molar-refractivity contribution in [3.05, 3.63) is 129 Å². The maximum Gasteiger partial charge on any atom is 0.273 e. The van der Waals surface area contributed by atoms with Crippen LogP contribution in [0.5, 0.6) is 0 Å². The molecule has 0 aromatic heterocycles. The topological polar surface area (TPSA) is 78.8 Å². The molecule has 0 aliphatic carbocycles. The zero-order chi connectivity index (χ0) is 28.2. The van der Waals surface area contributed by atoms with E-state index in [1.54, 1.807) is 72.8 Å². The minimum absolute atomic E-state index is 0.00244. The van der Waals surface area contributed by atoms with Crippen molar-refractivity contribution in [1.29, 1.82) is 0 Å². The number of hydrogen-bond acceptors (Lipinski definition) is 4. The quantitative estimate of drug-likeness (QED) is 0.190. The molecule has 0 radical (unpaired) electrons. The lowest BCUT2D eigenvalue weighted by atomic mass is 10.0. The number of sulfonamides is 1. The predicted octanol–water partition coefficient (Wildman–Crippen LogP) is 6.81. The van der Waals surface area contributed by atoms with Crippen LogP contribution in [0, 0.1) is 20.8 Å². The number of benzene rings is 4. The standard InChI is InChI=1S/C31H30ClN3O3S/c1-21-10-17-27(18-11-21)39(37,38)35(20-25-13-15-26(32)16-14-25)30-8-6-5-7-28(30)31(36)34-33-24(4)29-19-22(2)9-12-23(29)3/h5-19H,20H2,1-4H3,(H,34,36). The summed E-state index contributed by atoms with van der Waals surface area (Å²) in [5.41, 5.74) is 8.39. The molecule has 39 heavy (non-hydrogen) atoms. The minimum atomic E-state index is -4.04. The number of anilines is 1. The molecule has 4 aromatic carbocycles. The van der Waals surface area contributed by atoms with Gasteiger partial charge in [-0.05, 0) is 81.3 Å². The third-order valence-electron chi connectivity index (χ3n) is 6.37. The summed E-state index contributed by atoms with van der Waals surface area (Å²) >= 11 is 6.06. The van der Waals surface area contributed by atoms with Crippen molar-refractivity contribution < 1.29 is 13.2 Å². The number of para-hydroxylation sites is 1. The van der Waals surface area contributed by atoms with Crippen molar-refractivity contribution >= 4 is 38.9 Å². The van der Waals surface area contributed by atoms with Crippen molar-refractivity contribution in [3.8, 4) is 0 Å². The molecule has 0 spiro atoms. The van der Waals surface area contributed by atoms with E-state index in [1.165, 1.54) is 4.31 Å². The first-order chi connectivity index (χ1) is 18.6. The van der Waals surface area contributed by atoms with Crippen LogP contribution in [-0.2, 0) is 16.6 Å². The summed E-state index contributed by atoms with van der Waals surface area (Å²) < 4.78 is 29.1. The van der Waals surface area contributed by atoms with Crippen LogP contribution in [0.15, 0.2) is 101 Å². The van der Waals surface area contributed by atoms with Crippen LogP contribution in [0.2, 0.25) is 5.02 Å². The van der Waals surface area contributed by atoms with Crippen LogP contribution in [0.3, 0.4) is 0 Å². The average molecular weight is 560 g/mol. The van der Waals surface area contributed by atoms with Gasteiger partial charge in [0.25, 0.3) is 15.9 Å². The second kappa shape index (κ2) is 11.8. The van der Waals surface area contributed by atoms with E-state index in [0.717, 1.165) is 22.3 Å². The number of hydrogen-bond donors (Lipinski definition) is 1. The number of rotatable bonds is 8. The van der Waals surface area contributed by atoms with Gasteiger partial charge in [-0.3, -0.25) is 9.10 Å². The number of nitrogens with zero attached hydrogens (tertiary/aromatic N) is 2. The van der Waals surface area contributed by atoms with Crippen LogP contribution in [0.1, 0.15) is 45.1 Å². The molecule has 0 saturated heterocycles. The van der Waals surface area contributed by atoms with Gasteiger partial charge in [-0.2, -0.15) is 5.10 Å². The highest BCUT2D eigenvalue weighted by molar-refractivity contribution is 7.92. The van der Waals surface area contributed by atoms with Gasteiger partial charge in [-0.25, -0.2) is 13.8 Å². The molecule has 1 amide bonds. The number of nitrogens with one attached hydrogen (secondary N) is 1. The summed E-state index contributed by atoms with van der Waals surface area (Å²) in [5.74, 6) is -0.518. The molecule has 4 rings (SSSR count). The number of hydrazone groups is 1. The van der Waals surface area contributed by atoms with E-state index in [-0.39, 0.29) is 22.7 Å². The summed E-state index contributed by atoms with van der Waals surface area (Å²) in [4.78, 5) is 13.5. The lowest BCUT2D eigenvalue weighted by Crippen LogP contribution is -2.33. The predicted molar refractivity (Wildman–Crippen MR) is 158 cm³/mol. The lowest BCUT2D eigenvalue weighted by Gasteiger charge is -2.26. The molecule has 8 heteroatoms. The van der Waals surface area contributed by atoms with Crippen molar-refractivity contribution in [2.45, 2.75) is 39.1 Å². The molecule has 6 nitrogen and oxygen atoms in total. The molecule has 0 heterocycles. The van der Waals surface area contributed by atoms with Gasteiger partial charge in [0, 0.05) is 10.6 Å². The van der Waals surface area contributed by atoms with E-state index >= 15 is 0 Å². The van der Waals surface area contributed by atoms with E-state index < -0.39 is 15.9 Å². The molecule has 0 aliphatic heterocycles. The molecule has 1 N–H and O–H groups in total. The zero-order valence-corrected chi connectivity index (χ0v) is 23.8. The number of aryl methyl sites for hydroxylation is 3. The Morgan fingerprint density at radius 3 is 2.18 bits per heavy atom.